The Hall–Kier alpha value is -3.98. The number of aryl methyl sites for hydroxylation is 1. The van der Waals surface area contributed by atoms with E-state index in [4.69, 9.17) is 0 Å². The number of nitrogens with one attached hydrogen (secondary N) is 3. The van der Waals surface area contributed by atoms with Gasteiger partial charge in [0.1, 0.15) is 11.4 Å². The first-order chi connectivity index (χ1) is 19.4. The average Bonchev–Trinajstić information content (AvgIpc) is 3.31. The third-order valence-corrected chi connectivity index (χ3v) is 7.29. The molecule has 1 aromatic heterocycles. The molecule has 0 fully saturated rings. The van der Waals surface area contributed by atoms with Crippen molar-refractivity contribution < 1.29 is 23.9 Å². The average molecular weight is 583 g/mol. The van der Waals surface area contributed by atoms with Gasteiger partial charge in [-0.3, -0.25) is 14.4 Å². The van der Waals surface area contributed by atoms with Crippen molar-refractivity contribution in [3.05, 3.63) is 46.0 Å². The van der Waals surface area contributed by atoms with E-state index in [2.05, 4.69) is 46.7 Å². The maximum absolute atomic E-state index is 14.9. The monoisotopic (exact) mass is 582 g/mol. The van der Waals surface area contributed by atoms with Gasteiger partial charge < -0.3 is 36.7 Å². The van der Waals surface area contributed by atoms with Crippen LogP contribution in [0.2, 0.25) is 0 Å². The Morgan fingerprint density at radius 2 is 1.93 bits per heavy atom. The van der Waals surface area contributed by atoms with E-state index in [0.29, 0.717) is 42.0 Å². The zero-order chi connectivity index (χ0) is 30.5. The van der Waals surface area contributed by atoms with Gasteiger partial charge in [-0.25, -0.2) is 4.39 Å². The van der Waals surface area contributed by atoms with Gasteiger partial charge in [-0.1, -0.05) is 13.8 Å². The van der Waals surface area contributed by atoms with Gasteiger partial charge in [0.05, 0.1) is 22.5 Å². The SMILES string of the molecule is C#CC.CCN(CC)CCN1CCCc2[nH]c(/C=C3\C(=O)Nc4cc(NC(=O)C(C)(C)O)c(F)cc43)c(C)c2C1=O.N. The summed E-state index contributed by atoms with van der Waals surface area (Å²) in [6.07, 6.45) is 7.79. The van der Waals surface area contributed by atoms with E-state index >= 15 is 0 Å². The molecule has 0 spiro atoms. The van der Waals surface area contributed by atoms with Crippen LogP contribution in [0, 0.1) is 25.1 Å². The fourth-order valence-corrected chi connectivity index (χ4v) is 4.89. The number of anilines is 2. The lowest BCUT2D eigenvalue weighted by molar-refractivity contribution is -0.130. The second-order valence-electron chi connectivity index (χ2n) is 10.6. The number of carbonyl (C=O) groups is 3. The maximum Gasteiger partial charge on any atom is 0.256 e. The number of likely N-dealkylation sites (N-methyl/N-ethyl adjacent to an activating group) is 1. The molecule has 0 saturated heterocycles. The second-order valence-corrected chi connectivity index (χ2v) is 10.6. The summed E-state index contributed by atoms with van der Waals surface area (Å²) >= 11 is 0. The van der Waals surface area contributed by atoms with Gasteiger partial charge in [-0.2, -0.15) is 0 Å². The molecule has 2 aliphatic heterocycles. The number of benzene rings is 1. The van der Waals surface area contributed by atoms with Crippen molar-refractivity contribution >= 4 is 40.7 Å². The van der Waals surface area contributed by atoms with Gasteiger partial charge in [0.15, 0.2) is 0 Å². The molecular formula is C31H43FN6O4. The highest BCUT2D eigenvalue weighted by Crippen LogP contribution is 2.37. The number of carbonyl (C=O) groups excluding carboxylic acids is 3. The number of fused-ring (bicyclic) bond motifs is 2. The highest BCUT2D eigenvalue weighted by atomic mass is 19.1. The van der Waals surface area contributed by atoms with E-state index in [1.54, 1.807) is 13.0 Å². The number of aliphatic hydroxyl groups is 1. The molecule has 0 unspecified atom stereocenters. The molecule has 3 amide bonds. The lowest BCUT2D eigenvalue weighted by Crippen LogP contribution is -2.38. The predicted octanol–water partition coefficient (Wildman–Crippen LogP) is 4.20. The Labute approximate surface area is 247 Å². The number of halogens is 1. The molecule has 42 heavy (non-hydrogen) atoms. The smallest absolute Gasteiger partial charge is 0.256 e. The maximum atomic E-state index is 14.9. The molecule has 228 valence electrons. The highest BCUT2D eigenvalue weighted by molar-refractivity contribution is 6.35. The van der Waals surface area contributed by atoms with Crippen LogP contribution in [-0.2, 0) is 16.0 Å². The normalized spacial score (nSPS) is 15.1. The Balaban J connectivity index is 0.00000148. The summed E-state index contributed by atoms with van der Waals surface area (Å²) < 4.78 is 14.9. The topological polar surface area (TPSA) is 153 Å². The predicted molar refractivity (Wildman–Crippen MR) is 165 cm³/mol. The van der Waals surface area contributed by atoms with Crippen molar-refractivity contribution in [2.75, 3.05) is 43.4 Å². The van der Waals surface area contributed by atoms with E-state index < -0.39 is 23.2 Å². The van der Waals surface area contributed by atoms with E-state index in [-0.39, 0.29) is 23.3 Å². The van der Waals surface area contributed by atoms with Crippen molar-refractivity contribution in [2.24, 2.45) is 0 Å². The summed E-state index contributed by atoms with van der Waals surface area (Å²) in [7, 11) is 0. The summed E-state index contributed by atoms with van der Waals surface area (Å²) in [5, 5.41) is 14.9. The Morgan fingerprint density at radius 3 is 2.52 bits per heavy atom. The number of hydrogen-bond donors (Lipinski definition) is 5. The molecule has 2 aromatic rings. The first-order valence-electron chi connectivity index (χ1n) is 13.9. The molecule has 0 radical (unpaired) electrons. The zero-order valence-corrected chi connectivity index (χ0v) is 25.4. The lowest BCUT2D eigenvalue weighted by Gasteiger charge is -2.25. The lowest BCUT2D eigenvalue weighted by atomic mass is 10.0. The van der Waals surface area contributed by atoms with Gasteiger partial charge in [0.25, 0.3) is 17.7 Å². The van der Waals surface area contributed by atoms with Crippen LogP contribution in [0.4, 0.5) is 15.8 Å². The number of hydrogen-bond acceptors (Lipinski definition) is 6. The van der Waals surface area contributed by atoms with Crippen LogP contribution >= 0.6 is 0 Å². The van der Waals surface area contributed by atoms with Crippen molar-refractivity contribution in [1.29, 1.82) is 0 Å². The van der Waals surface area contributed by atoms with Crippen LogP contribution in [0.25, 0.3) is 11.6 Å². The Kier molecular flexibility index (Phi) is 11.6. The summed E-state index contributed by atoms with van der Waals surface area (Å²) in [6, 6.07) is 2.52. The number of terminal acetylenes is 1. The molecule has 4 rings (SSSR count). The van der Waals surface area contributed by atoms with Crippen molar-refractivity contribution in [3.63, 3.8) is 0 Å². The van der Waals surface area contributed by atoms with Gasteiger partial charge in [0.2, 0.25) is 0 Å². The number of amides is 3. The molecule has 0 atom stereocenters. The summed E-state index contributed by atoms with van der Waals surface area (Å²) in [5.74, 6) is 0.316. The molecule has 2 aliphatic rings. The fraction of sp³-hybridized carbons (Fsp3) is 0.452. The number of rotatable bonds is 8. The van der Waals surface area contributed by atoms with Gasteiger partial charge in [-0.15, -0.1) is 12.3 Å². The van der Waals surface area contributed by atoms with Crippen LogP contribution < -0.4 is 16.8 Å². The summed E-state index contributed by atoms with van der Waals surface area (Å²) in [6.45, 7) is 14.4. The first-order valence-corrected chi connectivity index (χ1v) is 13.9. The third kappa shape index (κ3) is 7.45. The second kappa shape index (κ2) is 14.3. The van der Waals surface area contributed by atoms with Crippen LogP contribution in [0.15, 0.2) is 12.1 Å². The number of aromatic nitrogens is 1. The third-order valence-electron chi connectivity index (χ3n) is 7.29. The molecule has 0 saturated carbocycles. The summed E-state index contributed by atoms with van der Waals surface area (Å²) in [4.78, 5) is 46.0. The fourth-order valence-electron chi connectivity index (χ4n) is 4.89. The largest absolute Gasteiger partial charge is 0.381 e. The Morgan fingerprint density at radius 1 is 1.29 bits per heavy atom. The van der Waals surface area contributed by atoms with Crippen molar-refractivity contribution in [2.45, 2.75) is 60.0 Å². The molecule has 7 N–H and O–H groups in total. The van der Waals surface area contributed by atoms with Gasteiger partial charge >= 0.3 is 0 Å². The standard InChI is InChI=1S/C28H36FN5O4.C3H4.H3N/c1-6-33(7-2)11-12-34-10-8-9-20-24(26(34)36)16(3)21(30-20)14-18-17-13-19(29)23(15-22(17)31-25(18)35)32-27(37)28(4,5)38;1-3-2;/h13-15,30,38H,6-12H2,1-5H3,(H,31,35)(H,32,37);1H,2H3;1H3/b18-14-;;. The molecule has 11 heteroatoms. The number of H-pyrrole nitrogens is 1. The number of aromatic amines is 1. The van der Waals surface area contributed by atoms with Crippen LogP contribution in [-0.4, -0.2) is 75.9 Å². The van der Waals surface area contributed by atoms with E-state index in [0.717, 1.165) is 37.3 Å². The highest BCUT2D eigenvalue weighted by Gasteiger charge is 2.31. The molecule has 0 bridgehead atoms. The molecule has 1 aromatic carbocycles. The number of nitrogens with zero attached hydrogens (tertiary/aromatic N) is 2. The minimum Gasteiger partial charge on any atom is -0.381 e. The van der Waals surface area contributed by atoms with Gasteiger partial charge in [-0.05, 0) is 77.4 Å². The molecule has 0 aliphatic carbocycles. The van der Waals surface area contributed by atoms with Crippen molar-refractivity contribution in [3.8, 4) is 12.3 Å². The van der Waals surface area contributed by atoms with Crippen molar-refractivity contribution in [1.82, 2.24) is 20.9 Å². The van der Waals surface area contributed by atoms with Crippen LogP contribution in [0.3, 0.4) is 0 Å². The van der Waals surface area contributed by atoms with Crippen LogP contribution in [0.1, 0.15) is 73.9 Å². The summed E-state index contributed by atoms with van der Waals surface area (Å²) in [5.41, 5.74) is 1.99. The minimum atomic E-state index is -1.69. The molecule has 10 nitrogen and oxygen atoms in total. The zero-order valence-electron chi connectivity index (χ0n) is 25.4. The van der Waals surface area contributed by atoms with E-state index in [9.17, 15) is 23.9 Å². The van der Waals surface area contributed by atoms with Gasteiger partial charge in [0, 0.05) is 36.6 Å². The minimum absolute atomic E-state index is 0. The molecule has 3 heterocycles. The molecular weight excluding hydrogens is 539 g/mol. The first kappa shape index (κ1) is 34.2. The quantitative estimate of drug-likeness (QED) is 0.232. The Bertz CT molecular complexity index is 1400. The van der Waals surface area contributed by atoms with E-state index in [1.165, 1.54) is 26.0 Å². The van der Waals surface area contributed by atoms with Crippen LogP contribution in [0.5, 0.6) is 0 Å². The van der Waals surface area contributed by atoms with E-state index in [1.807, 2.05) is 11.8 Å².